The smallest absolute Gasteiger partial charge is 0.407 e. The van der Waals surface area contributed by atoms with Crippen LogP contribution in [0.15, 0.2) is 48.5 Å². The molecule has 18 heteroatoms. The minimum atomic E-state index is -2.93. The Bertz CT molecular complexity index is 2000. The highest BCUT2D eigenvalue weighted by Crippen LogP contribution is 2.58. The predicted octanol–water partition coefficient (Wildman–Crippen LogP) is 4.57. The third kappa shape index (κ3) is 10.9. The Hall–Kier alpha value is -5.94. The van der Waals surface area contributed by atoms with E-state index in [-0.39, 0.29) is 36.6 Å². The lowest BCUT2D eigenvalue weighted by atomic mass is 9.65. The first-order valence-electron chi connectivity index (χ1n) is 20.1. The van der Waals surface area contributed by atoms with Crippen LogP contribution in [0.1, 0.15) is 80.5 Å². The number of carbonyl (C=O) groups is 8. The van der Waals surface area contributed by atoms with Crippen molar-refractivity contribution < 1.29 is 66.1 Å². The summed E-state index contributed by atoms with van der Waals surface area (Å²) in [5, 5.41) is 4.96. The second-order valence-electron chi connectivity index (χ2n) is 16.5. The minimum Gasteiger partial charge on any atom is -0.456 e. The van der Waals surface area contributed by atoms with Gasteiger partial charge in [0, 0.05) is 42.5 Å². The number of ketones is 2. The monoisotopic (exact) mass is 854 g/mol. The molecule has 16 nitrogen and oxygen atoms in total. The molecule has 5 rings (SSSR count). The second kappa shape index (κ2) is 19.2. The first-order valence-corrected chi connectivity index (χ1v) is 20.1. The van der Waals surface area contributed by atoms with Crippen LogP contribution in [0.3, 0.4) is 0 Å². The highest BCUT2D eigenvalue weighted by molar-refractivity contribution is 6.00. The van der Waals surface area contributed by atoms with E-state index in [4.69, 9.17) is 9.47 Å². The third-order valence-electron chi connectivity index (χ3n) is 11.4. The molecule has 2 aromatic carbocycles. The molecular weight excluding hydrogens is 802 g/mol. The van der Waals surface area contributed by atoms with Crippen LogP contribution in [-0.4, -0.2) is 128 Å². The number of alkyl carbamates (subject to hydrolysis) is 2. The zero-order valence-corrected chi connectivity index (χ0v) is 35.0. The number of rotatable bonds is 15. The van der Waals surface area contributed by atoms with Crippen molar-refractivity contribution in [2.45, 2.75) is 89.9 Å². The van der Waals surface area contributed by atoms with Crippen LogP contribution in [0.2, 0.25) is 0 Å². The van der Waals surface area contributed by atoms with Crippen molar-refractivity contribution in [2.75, 3.05) is 40.5 Å². The zero-order chi connectivity index (χ0) is 44.8. The van der Waals surface area contributed by atoms with Crippen LogP contribution in [0, 0.1) is 17.3 Å². The van der Waals surface area contributed by atoms with Gasteiger partial charge in [0.25, 0.3) is 0 Å². The molecule has 3 fully saturated rings. The summed E-state index contributed by atoms with van der Waals surface area (Å²) in [6.45, 7) is 5.79. The highest BCUT2D eigenvalue weighted by Gasteiger charge is 2.63. The number of hydrogen-bond donors (Lipinski definition) is 2. The molecule has 0 aromatic heterocycles. The lowest BCUT2D eigenvalue weighted by Crippen LogP contribution is -2.55. The molecular formula is C43H52F2N4O12. The van der Waals surface area contributed by atoms with Gasteiger partial charge >= 0.3 is 24.1 Å². The van der Waals surface area contributed by atoms with Crippen LogP contribution in [-0.2, 0) is 38.1 Å². The van der Waals surface area contributed by atoms with Gasteiger partial charge in [-0.2, -0.15) is 0 Å². The molecule has 0 unspecified atom stereocenters. The maximum absolute atomic E-state index is 14.0. The van der Waals surface area contributed by atoms with Crippen molar-refractivity contribution >= 4 is 47.5 Å². The van der Waals surface area contributed by atoms with Gasteiger partial charge in [-0.3, -0.25) is 19.2 Å². The molecule has 0 bridgehead atoms. The summed E-state index contributed by atoms with van der Waals surface area (Å²) in [5.41, 5.74) is 0.866. The fraction of sp³-hybridized carbons (Fsp3) is 0.535. The lowest BCUT2D eigenvalue weighted by Gasteiger charge is -2.44. The quantitative estimate of drug-likeness (QED) is 0.144. The van der Waals surface area contributed by atoms with E-state index in [0.29, 0.717) is 24.0 Å². The Morgan fingerprint density at radius 3 is 1.51 bits per heavy atom. The predicted molar refractivity (Wildman–Crippen MR) is 212 cm³/mol. The molecule has 330 valence electrons. The molecule has 1 aliphatic carbocycles. The van der Waals surface area contributed by atoms with Gasteiger partial charge in [-0.25, -0.2) is 28.0 Å². The molecule has 2 aliphatic heterocycles. The standard InChI is InChI=1S/C43H52F2N4O12/c1-24(2)34(46-40(56)58-5)36(52)48-17-7-8-30(48)38(54)60-19-32(50)28-13-9-26(10-14-28)27-11-15-29(16-12-27)33(51)20-61-39(55)31-18-42(21-43(44,45)22-42)23-49(31)37(53)35(25(3)4)47-41(57)59-6/h9-16,24-25,30-31,34-35H,7-8,17-23H2,1-6H3,(H,46,56)(H,47,57)/t30-,31-,34-,35-/m0/s1. The molecule has 4 atom stereocenters. The number of nitrogens with zero attached hydrogens (tertiary/aromatic N) is 2. The summed E-state index contributed by atoms with van der Waals surface area (Å²) in [5.74, 6) is -7.40. The van der Waals surface area contributed by atoms with Gasteiger partial charge < -0.3 is 39.4 Å². The van der Waals surface area contributed by atoms with E-state index in [1.165, 1.54) is 24.1 Å². The number of benzene rings is 2. The molecule has 61 heavy (non-hydrogen) atoms. The SMILES string of the molecule is COC(=O)N[C@H](C(=O)N1CCC[C@H]1C(=O)OCC(=O)c1ccc(-c2ccc(C(=O)COC(=O)[C@@H]3CC4(CN3C(=O)[C@@H](NC(=O)OC)C(C)C)CC(F)(F)C4)cc2)cc1)C(C)C. The number of ether oxygens (including phenoxy) is 4. The Kier molecular flexibility index (Phi) is 14.5. The lowest BCUT2D eigenvalue weighted by molar-refractivity contribution is -0.159. The first kappa shape index (κ1) is 46.1. The first-order chi connectivity index (χ1) is 28.8. The number of likely N-dealkylation sites (tertiary alicyclic amines) is 2. The number of halogens is 2. The number of methoxy groups -OCH3 is 2. The number of esters is 2. The Morgan fingerprint density at radius 2 is 1.10 bits per heavy atom. The maximum Gasteiger partial charge on any atom is 0.407 e. The summed E-state index contributed by atoms with van der Waals surface area (Å²) < 4.78 is 48.0. The van der Waals surface area contributed by atoms with Crippen LogP contribution < -0.4 is 10.6 Å². The van der Waals surface area contributed by atoms with Crippen molar-refractivity contribution in [3.63, 3.8) is 0 Å². The Labute approximate surface area is 351 Å². The van der Waals surface area contributed by atoms with E-state index in [9.17, 15) is 47.1 Å². The summed E-state index contributed by atoms with van der Waals surface area (Å²) in [6, 6.07) is 8.68. The van der Waals surface area contributed by atoms with Crippen molar-refractivity contribution in [3.05, 3.63) is 59.7 Å². The molecule has 2 saturated heterocycles. The largest absolute Gasteiger partial charge is 0.456 e. The molecule has 0 radical (unpaired) electrons. The normalized spacial score (nSPS) is 19.7. The van der Waals surface area contributed by atoms with Crippen molar-refractivity contribution in [3.8, 4) is 11.1 Å². The summed E-state index contributed by atoms with van der Waals surface area (Å²) in [4.78, 5) is 106. The van der Waals surface area contributed by atoms with E-state index in [0.717, 1.165) is 12.0 Å². The van der Waals surface area contributed by atoms with Gasteiger partial charge in [-0.15, -0.1) is 0 Å². The molecule has 3 aliphatic rings. The number of Topliss-reactive ketones (excluding diaryl/α,β-unsaturated/α-hetero) is 2. The van der Waals surface area contributed by atoms with Gasteiger partial charge in [0.1, 0.15) is 24.2 Å². The van der Waals surface area contributed by atoms with Gasteiger partial charge in [-0.1, -0.05) is 76.2 Å². The molecule has 4 amide bonds. The van der Waals surface area contributed by atoms with E-state index < -0.39 is 115 Å². The molecule has 2 N–H and O–H groups in total. The number of amides is 4. The number of carbonyl (C=O) groups excluding carboxylic acids is 8. The van der Waals surface area contributed by atoms with Crippen molar-refractivity contribution in [1.29, 1.82) is 0 Å². The third-order valence-corrected chi connectivity index (χ3v) is 11.4. The maximum atomic E-state index is 14.0. The number of alkyl halides is 2. The molecule has 1 saturated carbocycles. The van der Waals surface area contributed by atoms with Crippen LogP contribution >= 0.6 is 0 Å². The van der Waals surface area contributed by atoms with Crippen LogP contribution in [0.4, 0.5) is 18.4 Å². The molecule has 2 aromatic rings. The second-order valence-corrected chi connectivity index (χ2v) is 16.5. The fourth-order valence-electron chi connectivity index (χ4n) is 8.16. The van der Waals surface area contributed by atoms with E-state index >= 15 is 0 Å². The van der Waals surface area contributed by atoms with Gasteiger partial charge in [-0.05, 0) is 42.2 Å². The fourth-order valence-corrected chi connectivity index (χ4v) is 8.16. The average Bonchev–Trinajstić information content (AvgIpc) is 3.88. The van der Waals surface area contributed by atoms with Crippen molar-refractivity contribution in [1.82, 2.24) is 20.4 Å². The number of hydrogen-bond acceptors (Lipinski definition) is 12. The van der Waals surface area contributed by atoms with E-state index in [2.05, 4.69) is 20.1 Å². The number of nitrogens with one attached hydrogen (secondary N) is 2. The van der Waals surface area contributed by atoms with Crippen LogP contribution in [0.25, 0.3) is 11.1 Å². The molecule has 2 heterocycles. The minimum absolute atomic E-state index is 0.0755. The average molecular weight is 855 g/mol. The van der Waals surface area contributed by atoms with Gasteiger partial charge in [0.05, 0.1) is 14.2 Å². The van der Waals surface area contributed by atoms with Gasteiger partial charge in [0.15, 0.2) is 24.8 Å². The van der Waals surface area contributed by atoms with Gasteiger partial charge in [0.2, 0.25) is 17.7 Å². The van der Waals surface area contributed by atoms with E-state index in [1.807, 2.05) is 0 Å². The zero-order valence-electron chi connectivity index (χ0n) is 35.0. The molecule has 1 spiro atoms. The summed E-state index contributed by atoms with van der Waals surface area (Å²) in [7, 11) is 2.32. The summed E-state index contributed by atoms with van der Waals surface area (Å²) >= 11 is 0. The topological polar surface area (TPSA) is 204 Å². The van der Waals surface area contributed by atoms with E-state index in [1.54, 1.807) is 64.1 Å². The van der Waals surface area contributed by atoms with Crippen LogP contribution in [0.5, 0.6) is 0 Å². The Balaban J connectivity index is 1.15. The highest BCUT2D eigenvalue weighted by atomic mass is 19.3. The Morgan fingerprint density at radius 1 is 0.672 bits per heavy atom. The van der Waals surface area contributed by atoms with Crippen molar-refractivity contribution in [2.24, 2.45) is 17.3 Å². The summed E-state index contributed by atoms with van der Waals surface area (Å²) in [6.07, 6.45) is -1.84.